The number of esters is 1. The second-order valence-corrected chi connectivity index (χ2v) is 8.67. The summed E-state index contributed by atoms with van der Waals surface area (Å²) in [5, 5.41) is 0.513. The van der Waals surface area contributed by atoms with Gasteiger partial charge in [0.15, 0.2) is 11.2 Å². The Labute approximate surface area is 185 Å². The highest BCUT2D eigenvalue weighted by Gasteiger charge is 2.89. The van der Waals surface area contributed by atoms with E-state index in [1.807, 2.05) is 19.1 Å². The van der Waals surface area contributed by atoms with Crippen molar-refractivity contribution in [3.8, 4) is 5.75 Å². The van der Waals surface area contributed by atoms with Gasteiger partial charge in [0.2, 0.25) is 5.91 Å². The first-order valence-electron chi connectivity index (χ1n) is 10.5. The Balaban J connectivity index is 1.68. The maximum atomic E-state index is 13.9. The molecule has 3 atom stereocenters. The number of nitrogens with zero attached hydrogens (tertiary/aromatic N) is 1. The van der Waals surface area contributed by atoms with Gasteiger partial charge in [0, 0.05) is 35.2 Å². The Hall–Kier alpha value is -2.70. The lowest BCUT2D eigenvalue weighted by atomic mass is 9.82. The van der Waals surface area contributed by atoms with Crippen LogP contribution in [0.2, 0.25) is 5.02 Å². The summed E-state index contributed by atoms with van der Waals surface area (Å²) in [6.45, 7) is 3.44. The summed E-state index contributed by atoms with van der Waals surface area (Å²) in [6.07, 6.45) is 0.332. The molecule has 0 radical (unpaired) electrons. The third kappa shape index (κ3) is 2.58. The second kappa shape index (κ2) is 7.18. The van der Waals surface area contributed by atoms with Gasteiger partial charge in [-0.05, 0) is 36.8 Å². The van der Waals surface area contributed by atoms with Gasteiger partial charge in [-0.1, -0.05) is 36.7 Å². The monoisotopic (exact) mass is 439 g/mol. The third-order valence-corrected chi connectivity index (χ3v) is 7.26. The SMILES string of the molecule is CC[C@@]1(C(=O)c2ccc(Cl)cc2)[C@@H]2c3ccccc3OC(=O)[C@@]21C(=O)N1CCOCC1. The molecule has 2 aromatic rings. The first kappa shape index (κ1) is 20.2. The fourth-order valence-corrected chi connectivity index (χ4v) is 5.68. The summed E-state index contributed by atoms with van der Waals surface area (Å²) < 4.78 is 11.1. The lowest BCUT2D eigenvalue weighted by molar-refractivity contribution is -0.156. The van der Waals surface area contributed by atoms with Crippen molar-refractivity contribution in [2.24, 2.45) is 10.8 Å². The molecule has 6 nitrogen and oxygen atoms in total. The van der Waals surface area contributed by atoms with E-state index in [4.69, 9.17) is 21.1 Å². The van der Waals surface area contributed by atoms with Gasteiger partial charge in [0.1, 0.15) is 5.75 Å². The molecular weight excluding hydrogens is 418 g/mol. The first-order valence-corrected chi connectivity index (χ1v) is 10.8. The number of carbonyl (C=O) groups excluding carboxylic acids is 3. The van der Waals surface area contributed by atoms with Crippen LogP contribution in [0.4, 0.5) is 0 Å². The lowest BCUT2D eigenvalue weighted by Crippen LogP contribution is -2.51. The van der Waals surface area contributed by atoms with Crippen molar-refractivity contribution in [2.45, 2.75) is 19.3 Å². The van der Waals surface area contributed by atoms with Crippen LogP contribution in [0.25, 0.3) is 0 Å². The average molecular weight is 440 g/mol. The van der Waals surface area contributed by atoms with Crippen molar-refractivity contribution in [1.29, 1.82) is 0 Å². The summed E-state index contributed by atoms with van der Waals surface area (Å²) in [7, 11) is 0. The van der Waals surface area contributed by atoms with Crippen LogP contribution >= 0.6 is 11.6 Å². The number of ketones is 1. The topological polar surface area (TPSA) is 72.9 Å². The Kier molecular flexibility index (Phi) is 4.68. The minimum absolute atomic E-state index is 0.230. The molecule has 5 rings (SSSR count). The van der Waals surface area contributed by atoms with Crippen LogP contribution in [0.3, 0.4) is 0 Å². The molecule has 0 aromatic heterocycles. The molecule has 2 aromatic carbocycles. The number of morpholine rings is 1. The predicted molar refractivity (Wildman–Crippen MR) is 113 cm³/mol. The maximum Gasteiger partial charge on any atom is 0.328 e. The molecule has 1 saturated heterocycles. The number of Topliss-reactive ketones (excluding diaryl/α,β-unsaturated/α-hetero) is 1. The van der Waals surface area contributed by atoms with Crippen LogP contribution in [-0.4, -0.2) is 48.9 Å². The van der Waals surface area contributed by atoms with Crippen LogP contribution in [0.15, 0.2) is 48.5 Å². The molecule has 0 spiro atoms. The van der Waals surface area contributed by atoms with Crippen LogP contribution in [0, 0.1) is 10.8 Å². The molecule has 7 heteroatoms. The number of fused-ring (bicyclic) bond motifs is 3. The van der Waals surface area contributed by atoms with Crippen molar-refractivity contribution < 1.29 is 23.9 Å². The fourth-order valence-electron chi connectivity index (χ4n) is 5.56. The van der Waals surface area contributed by atoms with E-state index in [2.05, 4.69) is 0 Å². The predicted octanol–water partition coefficient (Wildman–Crippen LogP) is 3.48. The number of halogens is 1. The molecule has 3 aliphatic rings. The van der Waals surface area contributed by atoms with Crippen molar-refractivity contribution >= 4 is 29.3 Å². The molecule has 31 heavy (non-hydrogen) atoms. The van der Waals surface area contributed by atoms with Gasteiger partial charge in [-0.3, -0.25) is 14.4 Å². The zero-order valence-corrected chi connectivity index (χ0v) is 17.9. The molecule has 2 aliphatic heterocycles. The van der Waals surface area contributed by atoms with E-state index in [0.717, 1.165) is 5.56 Å². The summed E-state index contributed by atoms with van der Waals surface area (Å²) in [6, 6.07) is 13.8. The largest absolute Gasteiger partial charge is 0.425 e. The van der Waals surface area contributed by atoms with Gasteiger partial charge in [-0.2, -0.15) is 0 Å². The summed E-state index contributed by atoms with van der Waals surface area (Å²) >= 11 is 6.01. The van der Waals surface area contributed by atoms with E-state index in [1.165, 1.54) is 0 Å². The average Bonchev–Trinajstić information content (AvgIpc) is 3.46. The smallest absolute Gasteiger partial charge is 0.328 e. The van der Waals surface area contributed by atoms with Crippen LogP contribution in [0.1, 0.15) is 35.2 Å². The van der Waals surface area contributed by atoms with E-state index in [1.54, 1.807) is 41.3 Å². The second-order valence-electron chi connectivity index (χ2n) is 8.23. The minimum Gasteiger partial charge on any atom is -0.425 e. The van der Waals surface area contributed by atoms with Crippen LogP contribution < -0.4 is 4.74 Å². The van der Waals surface area contributed by atoms with Crippen molar-refractivity contribution in [1.82, 2.24) is 4.90 Å². The molecule has 0 unspecified atom stereocenters. The number of benzene rings is 2. The number of ether oxygens (including phenoxy) is 2. The number of para-hydroxylation sites is 1. The standard InChI is InChI=1S/C24H22ClNO5/c1-2-23(20(27)15-7-9-16(25)10-8-15)19-17-5-3-4-6-18(17)31-22(29)24(19,23)21(28)26-11-13-30-14-12-26/h3-10,19H,2,11-14H2,1H3/t19-,23-,24-/m0/s1. The number of amides is 1. The van der Waals surface area contributed by atoms with E-state index in [0.29, 0.717) is 49.1 Å². The number of rotatable bonds is 4. The fraction of sp³-hybridized carbons (Fsp3) is 0.375. The molecule has 2 heterocycles. The van der Waals surface area contributed by atoms with Gasteiger partial charge in [-0.25, -0.2) is 0 Å². The molecule has 1 aliphatic carbocycles. The van der Waals surface area contributed by atoms with E-state index in [9.17, 15) is 14.4 Å². The molecule has 1 amide bonds. The summed E-state index contributed by atoms with van der Waals surface area (Å²) in [5.41, 5.74) is -1.61. The van der Waals surface area contributed by atoms with Crippen molar-refractivity contribution in [3.05, 3.63) is 64.7 Å². The minimum atomic E-state index is -1.57. The summed E-state index contributed by atoms with van der Waals surface area (Å²) in [5.74, 6) is -1.36. The van der Waals surface area contributed by atoms with Gasteiger partial charge in [0.25, 0.3) is 0 Å². The van der Waals surface area contributed by atoms with Crippen molar-refractivity contribution in [3.63, 3.8) is 0 Å². The van der Waals surface area contributed by atoms with Gasteiger partial charge >= 0.3 is 5.97 Å². The molecule has 1 saturated carbocycles. The Morgan fingerprint density at radius 3 is 2.45 bits per heavy atom. The highest BCUT2D eigenvalue weighted by molar-refractivity contribution is 6.30. The highest BCUT2D eigenvalue weighted by atomic mass is 35.5. The van der Waals surface area contributed by atoms with E-state index >= 15 is 0 Å². The number of hydrogen-bond donors (Lipinski definition) is 0. The Morgan fingerprint density at radius 1 is 1.10 bits per heavy atom. The summed E-state index contributed by atoms with van der Waals surface area (Å²) in [4.78, 5) is 43.0. The van der Waals surface area contributed by atoms with Gasteiger partial charge < -0.3 is 14.4 Å². The van der Waals surface area contributed by atoms with Crippen molar-refractivity contribution in [2.75, 3.05) is 26.3 Å². The normalized spacial score (nSPS) is 28.9. The van der Waals surface area contributed by atoms with E-state index < -0.39 is 22.7 Å². The van der Waals surface area contributed by atoms with Gasteiger partial charge in [-0.15, -0.1) is 0 Å². The van der Waals surface area contributed by atoms with Gasteiger partial charge in [0.05, 0.1) is 18.6 Å². The quantitative estimate of drug-likeness (QED) is 0.315. The zero-order valence-electron chi connectivity index (χ0n) is 17.1. The lowest BCUT2D eigenvalue weighted by Gasteiger charge is -2.32. The third-order valence-electron chi connectivity index (χ3n) is 7.01. The maximum absolute atomic E-state index is 13.9. The first-order chi connectivity index (χ1) is 15.0. The molecule has 2 fully saturated rings. The number of hydrogen-bond acceptors (Lipinski definition) is 5. The molecule has 160 valence electrons. The molecule has 0 N–H and O–H groups in total. The molecular formula is C24H22ClNO5. The highest BCUT2D eigenvalue weighted by Crippen LogP contribution is 2.80. The Morgan fingerprint density at radius 2 is 1.77 bits per heavy atom. The van der Waals surface area contributed by atoms with Crippen LogP contribution in [-0.2, 0) is 14.3 Å². The van der Waals surface area contributed by atoms with Crippen LogP contribution in [0.5, 0.6) is 5.75 Å². The number of carbonyl (C=O) groups is 3. The zero-order chi connectivity index (χ0) is 21.8. The molecule has 0 bridgehead atoms. The Bertz CT molecular complexity index is 1080. The van der Waals surface area contributed by atoms with E-state index in [-0.39, 0.29) is 11.7 Å².